The second-order valence-electron chi connectivity index (χ2n) is 7.41. The molecule has 4 rings (SSSR count). The summed E-state index contributed by atoms with van der Waals surface area (Å²) in [5.41, 5.74) is 5.43. The minimum absolute atomic E-state index is 0.336. The molecule has 1 aliphatic rings. The van der Waals surface area contributed by atoms with E-state index in [-0.39, 0.29) is 11.7 Å². The Hall–Kier alpha value is -3.25. The molecule has 0 bridgehead atoms. The number of methoxy groups -OCH3 is 1. The van der Waals surface area contributed by atoms with Crippen molar-refractivity contribution in [2.24, 2.45) is 0 Å². The van der Waals surface area contributed by atoms with Crippen molar-refractivity contribution >= 4 is 34.3 Å². The highest BCUT2D eigenvalue weighted by atomic mass is 32.1. The van der Waals surface area contributed by atoms with Crippen LogP contribution in [0.1, 0.15) is 39.9 Å². The molecule has 0 saturated carbocycles. The predicted molar refractivity (Wildman–Crippen MR) is 122 cm³/mol. The largest absolute Gasteiger partial charge is 0.465 e. The first-order valence-electron chi connectivity index (χ1n) is 10.1. The Morgan fingerprint density at radius 3 is 2.55 bits per heavy atom. The van der Waals surface area contributed by atoms with Crippen LogP contribution in [0.5, 0.6) is 0 Å². The lowest BCUT2D eigenvalue weighted by Gasteiger charge is -2.16. The van der Waals surface area contributed by atoms with Gasteiger partial charge in [0.2, 0.25) is 5.91 Å². The van der Waals surface area contributed by atoms with Gasteiger partial charge in [-0.2, -0.15) is 0 Å². The minimum atomic E-state index is -0.494. The summed E-state index contributed by atoms with van der Waals surface area (Å²) in [7, 11) is 1.33. The lowest BCUT2D eigenvalue weighted by Crippen LogP contribution is -2.11. The van der Waals surface area contributed by atoms with E-state index in [1.54, 1.807) is 18.2 Å². The van der Waals surface area contributed by atoms with Crippen LogP contribution in [0.25, 0.3) is 17.2 Å². The monoisotopic (exact) mass is 435 g/mol. The first-order valence-corrected chi connectivity index (χ1v) is 11.0. The molecule has 1 amide bonds. The third kappa shape index (κ3) is 4.75. The summed E-state index contributed by atoms with van der Waals surface area (Å²) >= 11 is 1.29. The quantitative estimate of drug-likeness (QED) is 0.403. The molecule has 0 aliphatic heterocycles. The molecule has 6 heteroatoms. The fraction of sp³-hybridized carbons (Fsp3) is 0.200. The van der Waals surface area contributed by atoms with Crippen molar-refractivity contribution in [3.8, 4) is 11.1 Å². The molecule has 1 N–H and O–H groups in total. The smallest absolute Gasteiger partial charge is 0.341 e. The van der Waals surface area contributed by atoms with Crippen LogP contribution in [-0.2, 0) is 22.4 Å². The van der Waals surface area contributed by atoms with Gasteiger partial charge in [0.05, 0.1) is 7.11 Å². The Kier molecular flexibility index (Phi) is 6.28. The highest BCUT2D eigenvalue weighted by Gasteiger charge is 2.22. The van der Waals surface area contributed by atoms with Gasteiger partial charge in [-0.1, -0.05) is 30.3 Å². The number of nitrogens with one attached hydrogen (secondary N) is 1. The van der Waals surface area contributed by atoms with Crippen molar-refractivity contribution in [3.05, 3.63) is 82.0 Å². The molecule has 0 unspecified atom stereocenters. The van der Waals surface area contributed by atoms with Gasteiger partial charge in [-0.15, -0.1) is 11.3 Å². The van der Waals surface area contributed by atoms with Gasteiger partial charge in [-0.05, 0) is 66.1 Å². The number of benzene rings is 2. The number of fused-ring (bicyclic) bond motifs is 1. The summed E-state index contributed by atoms with van der Waals surface area (Å²) in [6.07, 6.45) is 7.45. The zero-order valence-electron chi connectivity index (χ0n) is 17.1. The molecule has 1 aliphatic carbocycles. The van der Waals surface area contributed by atoms with Gasteiger partial charge in [0.25, 0.3) is 0 Å². The maximum absolute atomic E-state index is 13.0. The molecule has 1 heterocycles. The van der Waals surface area contributed by atoms with E-state index in [0.29, 0.717) is 16.1 Å². The molecule has 1 aromatic heterocycles. The highest BCUT2D eigenvalue weighted by molar-refractivity contribution is 7.15. The first kappa shape index (κ1) is 21.0. The molecule has 0 atom stereocenters. The van der Waals surface area contributed by atoms with Crippen LogP contribution in [0.15, 0.2) is 53.9 Å². The van der Waals surface area contributed by atoms with E-state index in [9.17, 15) is 14.0 Å². The number of hydrogen-bond acceptors (Lipinski definition) is 4. The zero-order valence-corrected chi connectivity index (χ0v) is 17.9. The zero-order chi connectivity index (χ0) is 21.8. The Balaban J connectivity index is 1.60. The van der Waals surface area contributed by atoms with E-state index in [0.717, 1.165) is 24.0 Å². The number of halogens is 1. The van der Waals surface area contributed by atoms with Crippen molar-refractivity contribution in [1.82, 2.24) is 0 Å². The fourth-order valence-corrected chi connectivity index (χ4v) is 4.73. The van der Waals surface area contributed by atoms with Crippen LogP contribution in [0.3, 0.4) is 0 Å². The number of amides is 1. The molecule has 31 heavy (non-hydrogen) atoms. The normalized spacial score (nSPS) is 13.1. The Labute approximate surface area is 184 Å². The van der Waals surface area contributed by atoms with E-state index in [1.165, 1.54) is 60.6 Å². The molecule has 0 saturated heterocycles. The summed E-state index contributed by atoms with van der Waals surface area (Å²) in [5.74, 6) is -1.21. The van der Waals surface area contributed by atoms with Gasteiger partial charge in [0.1, 0.15) is 16.4 Å². The Morgan fingerprint density at radius 2 is 1.81 bits per heavy atom. The predicted octanol–water partition coefficient (Wildman–Crippen LogP) is 5.87. The minimum Gasteiger partial charge on any atom is -0.465 e. The Morgan fingerprint density at radius 1 is 1.06 bits per heavy atom. The SMILES string of the molecule is COC(=O)c1c(-c2ccc3c(c2)CCCC3)csc1NC(=O)/C=C/c1ccc(F)cc1. The van der Waals surface area contributed by atoms with Crippen molar-refractivity contribution in [3.63, 3.8) is 0 Å². The number of aryl methyl sites for hydroxylation is 2. The summed E-state index contributed by atoms with van der Waals surface area (Å²) in [4.78, 5) is 25.0. The second-order valence-corrected chi connectivity index (χ2v) is 8.29. The van der Waals surface area contributed by atoms with Gasteiger partial charge in [-0.3, -0.25) is 4.79 Å². The van der Waals surface area contributed by atoms with Gasteiger partial charge in [-0.25, -0.2) is 9.18 Å². The summed E-state index contributed by atoms with van der Waals surface area (Å²) in [6.45, 7) is 0. The van der Waals surface area contributed by atoms with Crippen molar-refractivity contribution in [2.75, 3.05) is 12.4 Å². The summed E-state index contributed by atoms with van der Waals surface area (Å²) in [5, 5.41) is 5.09. The van der Waals surface area contributed by atoms with E-state index >= 15 is 0 Å². The number of rotatable bonds is 5. The van der Waals surface area contributed by atoms with Gasteiger partial charge in [0, 0.05) is 17.0 Å². The number of anilines is 1. The van der Waals surface area contributed by atoms with Crippen LogP contribution in [0.4, 0.5) is 9.39 Å². The second kappa shape index (κ2) is 9.27. The van der Waals surface area contributed by atoms with E-state index in [2.05, 4.69) is 17.4 Å². The fourth-order valence-electron chi connectivity index (χ4n) is 3.77. The van der Waals surface area contributed by atoms with Crippen molar-refractivity contribution in [2.45, 2.75) is 25.7 Å². The number of thiophene rings is 1. The van der Waals surface area contributed by atoms with E-state index < -0.39 is 5.97 Å². The van der Waals surface area contributed by atoms with Crippen LogP contribution in [0.2, 0.25) is 0 Å². The van der Waals surface area contributed by atoms with Crippen LogP contribution in [0, 0.1) is 5.82 Å². The molecule has 2 aromatic carbocycles. The molecule has 0 fully saturated rings. The number of ether oxygens (including phenoxy) is 1. The maximum Gasteiger partial charge on any atom is 0.341 e. The summed E-state index contributed by atoms with van der Waals surface area (Å²) in [6, 6.07) is 12.1. The average molecular weight is 436 g/mol. The van der Waals surface area contributed by atoms with E-state index in [1.807, 2.05) is 11.4 Å². The number of esters is 1. The summed E-state index contributed by atoms with van der Waals surface area (Å²) < 4.78 is 18.0. The molecule has 0 spiro atoms. The third-order valence-electron chi connectivity index (χ3n) is 5.37. The standard InChI is InChI=1S/C25H22FNO3S/c1-30-25(29)23-21(19-10-9-17-4-2-3-5-18(17)14-19)15-31-24(23)27-22(28)13-8-16-6-11-20(26)12-7-16/h6-15H,2-5H2,1H3,(H,27,28)/b13-8+. The first-order chi connectivity index (χ1) is 15.0. The van der Waals surface area contributed by atoms with Gasteiger partial charge < -0.3 is 10.1 Å². The number of carbonyl (C=O) groups excluding carboxylic acids is 2. The topological polar surface area (TPSA) is 55.4 Å². The molecule has 0 radical (unpaired) electrons. The lowest BCUT2D eigenvalue weighted by molar-refractivity contribution is -0.111. The third-order valence-corrected chi connectivity index (χ3v) is 6.27. The molecule has 4 nitrogen and oxygen atoms in total. The van der Waals surface area contributed by atoms with E-state index in [4.69, 9.17) is 4.74 Å². The maximum atomic E-state index is 13.0. The van der Waals surface area contributed by atoms with Crippen molar-refractivity contribution < 1.29 is 18.7 Å². The number of carbonyl (C=O) groups is 2. The van der Waals surface area contributed by atoms with Gasteiger partial charge >= 0.3 is 5.97 Å². The van der Waals surface area contributed by atoms with Crippen molar-refractivity contribution in [1.29, 1.82) is 0 Å². The van der Waals surface area contributed by atoms with Gasteiger partial charge in [0.15, 0.2) is 0 Å². The molecule has 3 aromatic rings. The number of hydrogen-bond donors (Lipinski definition) is 1. The molecule has 158 valence electrons. The highest BCUT2D eigenvalue weighted by Crippen LogP contribution is 2.37. The average Bonchev–Trinajstić information content (AvgIpc) is 3.21. The Bertz CT molecular complexity index is 1150. The van der Waals surface area contributed by atoms with Crippen LogP contribution < -0.4 is 5.32 Å². The lowest BCUT2D eigenvalue weighted by atomic mass is 9.89. The molecular formula is C25H22FNO3S. The van der Waals surface area contributed by atoms with Crippen LogP contribution >= 0.6 is 11.3 Å². The van der Waals surface area contributed by atoms with Crippen LogP contribution in [-0.4, -0.2) is 19.0 Å². The molecular weight excluding hydrogens is 413 g/mol.